The second-order valence-corrected chi connectivity index (χ2v) is 13.1. The molecule has 3 fully saturated rings. The highest BCUT2D eigenvalue weighted by atomic mass is 16.6. The zero-order chi connectivity index (χ0) is 26.5. The number of fused-ring (bicyclic) bond motifs is 5. The fourth-order valence-electron chi connectivity index (χ4n) is 7.87. The first-order chi connectivity index (χ1) is 16.7. The molecule has 3 saturated carbocycles. The molecule has 0 saturated heterocycles. The molecular weight excluding hydrogens is 460 g/mol. The van der Waals surface area contributed by atoms with Gasteiger partial charge < -0.3 is 25.5 Å². The molecule has 202 valence electrons. The second-order valence-electron chi connectivity index (χ2n) is 13.1. The van der Waals surface area contributed by atoms with E-state index in [9.17, 15) is 19.8 Å². The van der Waals surface area contributed by atoms with Gasteiger partial charge >= 0.3 is 5.97 Å². The number of aliphatic hydroxyl groups is 2. The first-order valence-corrected chi connectivity index (χ1v) is 13.5. The fourth-order valence-corrected chi connectivity index (χ4v) is 7.87. The normalized spacial score (nSPS) is 39.9. The number of oxime groups is 1. The molecule has 4 aliphatic carbocycles. The molecule has 4 rings (SSSR count). The molecule has 0 aliphatic heterocycles. The Balaban J connectivity index is 1.35. The van der Waals surface area contributed by atoms with Gasteiger partial charge in [0.05, 0.1) is 11.3 Å². The smallest absolute Gasteiger partial charge is 0.333 e. The lowest BCUT2D eigenvalue weighted by Gasteiger charge is -2.59. The second kappa shape index (κ2) is 9.43. The third-order valence-electron chi connectivity index (χ3n) is 10.6. The van der Waals surface area contributed by atoms with E-state index in [0.717, 1.165) is 57.1 Å². The van der Waals surface area contributed by atoms with Gasteiger partial charge in [-0.15, -0.1) is 0 Å². The summed E-state index contributed by atoms with van der Waals surface area (Å²) in [5.74, 6) is 0.185. The highest BCUT2D eigenvalue weighted by Gasteiger charge is 2.62. The molecule has 0 bridgehead atoms. The van der Waals surface area contributed by atoms with Crippen LogP contribution in [0.5, 0.6) is 0 Å². The van der Waals surface area contributed by atoms with Crippen LogP contribution in [-0.4, -0.2) is 57.8 Å². The monoisotopic (exact) mass is 504 g/mol. The number of carboxylic acid groups (broad SMARTS) is 1. The summed E-state index contributed by atoms with van der Waals surface area (Å²) in [5.41, 5.74) is 0.935. The van der Waals surface area contributed by atoms with Crippen LogP contribution in [0.3, 0.4) is 0 Å². The van der Waals surface area contributed by atoms with Crippen molar-refractivity contribution >= 4 is 17.6 Å². The predicted molar refractivity (Wildman–Crippen MR) is 136 cm³/mol. The summed E-state index contributed by atoms with van der Waals surface area (Å²) >= 11 is 0. The SMILES string of the molecule is CC(C)(CNC(=O)CON=C1C=C2CC[C@@H]3[C@H](CC[C@@]4(C)[C@H]3CC[C@]4(C)O)[C@@]2(C)CC1)[C@H](O)C(=O)O. The van der Waals surface area contributed by atoms with Crippen molar-refractivity contribution in [2.75, 3.05) is 13.2 Å². The molecule has 8 nitrogen and oxygen atoms in total. The number of carbonyl (C=O) groups excluding carboxylic acids is 1. The Morgan fingerprint density at radius 1 is 1.14 bits per heavy atom. The van der Waals surface area contributed by atoms with E-state index in [-0.39, 0.29) is 24.0 Å². The van der Waals surface area contributed by atoms with Gasteiger partial charge in [0.15, 0.2) is 12.7 Å². The van der Waals surface area contributed by atoms with E-state index >= 15 is 0 Å². The summed E-state index contributed by atoms with van der Waals surface area (Å²) in [6, 6.07) is 0. The predicted octanol–water partition coefficient (Wildman–Crippen LogP) is 3.66. The van der Waals surface area contributed by atoms with Gasteiger partial charge in [-0.2, -0.15) is 0 Å². The number of aliphatic carboxylic acids is 1. The van der Waals surface area contributed by atoms with Crippen molar-refractivity contribution in [2.45, 2.75) is 97.7 Å². The Bertz CT molecular complexity index is 956. The van der Waals surface area contributed by atoms with Crippen LogP contribution in [0.15, 0.2) is 16.8 Å². The molecule has 0 aromatic rings. The molecule has 0 unspecified atom stereocenters. The number of carbonyl (C=O) groups is 2. The molecule has 4 aliphatic rings. The van der Waals surface area contributed by atoms with Gasteiger partial charge in [0.25, 0.3) is 5.91 Å². The van der Waals surface area contributed by atoms with Gasteiger partial charge in [0, 0.05) is 12.0 Å². The van der Waals surface area contributed by atoms with Crippen molar-refractivity contribution in [1.29, 1.82) is 0 Å². The van der Waals surface area contributed by atoms with Crippen LogP contribution in [0.1, 0.15) is 86.0 Å². The number of hydrogen-bond acceptors (Lipinski definition) is 6. The molecule has 8 heteroatoms. The van der Waals surface area contributed by atoms with Crippen molar-refractivity contribution < 1.29 is 29.7 Å². The number of nitrogens with zero attached hydrogens (tertiary/aromatic N) is 1. The molecular formula is C28H44N2O6. The molecule has 0 aromatic carbocycles. The highest BCUT2D eigenvalue weighted by Crippen LogP contribution is 2.67. The molecule has 0 radical (unpaired) electrons. The van der Waals surface area contributed by atoms with E-state index < -0.39 is 29.0 Å². The van der Waals surface area contributed by atoms with E-state index in [0.29, 0.717) is 17.8 Å². The third kappa shape index (κ3) is 4.60. The fraction of sp³-hybridized carbons (Fsp3) is 0.821. The number of nitrogens with one attached hydrogen (secondary N) is 1. The van der Waals surface area contributed by atoms with E-state index in [4.69, 9.17) is 9.94 Å². The van der Waals surface area contributed by atoms with Crippen molar-refractivity contribution in [2.24, 2.45) is 39.2 Å². The minimum atomic E-state index is -1.57. The lowest BCUT2D eigenvalue weighted by molar-refractivity contribution is -0.153. The Hall–Kier alpha value is -1.93. The van der Waals surface area contributed by atoms with Gasteiger partial charge in [-0.3, -0.25) is 4.79 Å². The Labute approximate surface area is 214 Å². The minimum absolute atomic E-state index is 0.0136. The Morgan fingerprint density at radius 3 is 2.53 bits per heavy atom. The maximum absolute atomic E-state index is 12.2. The van der Waals surface area contributed by atoms with E-state index in [1.807, 2.05) is 6.92 Å². The van der Waals surface area contributed by atoms with Crippen LogP contribution < -0.4 is 5.32 Å². The maximum atomic E-state index is 12.2. The number of hydrogen-bond donors (Lipinski definition) is 4. The van der Waals surface area contributed by atoms with Gasteiger partial charge in [-0.25, -0.2) is 4.79 Å². The van der Waals surface area contributed by atoms with E-state index in [1.54, 1.807) is 13.8 Å². The van der Waals surface area contributed by atoms with Gasteiger partial charge in [0.1, 0.15) is 0 Å². The average Bonchev–Trinajstić information content (AvgIpc) is 3.06. The van der Waals surface area contributed by atoms with Crippen LogP contribution in [0.2, 0.25) is 0 Å². The standard InChI is InChI=1S/C28H44N2O6/c1-25(2,23(32)24(33)34)16-29-22(31)15-36-30-18-8-11-26(3)17(14-18)6-7-19-20(26)9-12-27(4)21(19)10-13-28(27,5)35/h14,19-21,23,32,35H,6-13,15-16H2,1-5H3,(H,29,31)(H,33,34)/t19-,20+,21+,23-,26+,27+,28+/m1/s1. The number of carboxylic acids is 1. The average molecular weight is 505 g/mol. The zero-order valence-electron chi connectivity index (χ0n) is 22.5. The van der Waals surface area contributed by atoms with Gasteiger partial charge in [-0.1, -0.05) is 38.4 Å². The highest BCUT2D eigenvalue weighted by molar-refractivity contribution is 5.96. The molecule has 0 aromatic heterocycles. The van der Waals surface area contributed by atoms with Gasteiger partial charge in [-0.05, 0) is 93.0 Å². The first kappa shape index (κ1) is 27.1. The summed E-state index contributed by atoms with van der Waals surface area (Å²) < 4.78 is 0. The molecule has 0 heterocycles. The maximum Gasteiger partial charge on any atom is 0.333 e. The van der Waals surface area contributed by atoms with Crippen LogP contribution in [0.4, 0.5) is 0 Å². The van der Waals surface area contributed by atoms with Crippen LogP contribution >= 0.6 is 0 Å². The summed E-state index contributed by atoms with van der Waals surface area (Å²) in [6.45, 7) is 9.71. The van der Waals surface area contributed by atoms with E-state index in [2.05, 4.69) is 30.4 Å². The Kier molecular flexibility index (Phi) is 7.10. The first-order valence-electron chi connectivity index (χ1n) is 13.5. The number of amides is 1. The quantitative estimate of drug-likeness (QED) is 0.392. The lowest BCUT2D eigenvalue weighted by Crippen LogP contribution is -2.53. The van der Waals surface area contributed by atoms with E-state index in [1.165, 1.54) is 5.57 Å². The third-order valence-corrected chi connectivity index (χ3v) is 10.6. The van der Waals surface area contributed by atoms with Crippen LogP contribution in [0.25, 0.3) is 0 Å². The lowest BCUT2D eigenvalue weighted by atomic mass is 9.46. The van der Waals surface area contributed by atoms with Crippen molar-refractivity contribution in [3.05, 3.63) is 11.6 Å². The van der Waals surface area contributed by atoms with Crippen molar-refractivity contribution in [1.82, 2.24) is 5.32 Å². The van der Waals surface area contributed by atoms with Gasteiger partial charge in [0.2, 0.25) is 0 Å². The Morgan fingerprint density at radius 2 is 1.83 bits per heavy atom. The largest absolute Gasteiger partial charge is 0.479 e. The van der Waals surface area contributed by atoms with Crippen molar-refractivity contribution in [3.8, 4) is 0 Å². The summed E-state index contributed by atoms with van der Waals surface area (Å²) in [5, 5.41) is 36.7. The summed E-state index contributed by atoms with van der Waals surface area (Å²) in [7, 11) is 0. The summed E-state index contributed by atoms with van der Waals surface area (Å²) in [4.78, 5) is 28.5. The minimum Gasteiger partial charge on any atom is -0.479 e. The molecule has 1 amide bonds. The molecule has 36 heavy (non-hydrogen) atoms. The number of allylic oxidation sites excluding steroid dienone is 2. The molecule has 0 spiro atoms. The topological polar surface area (TPSA) is 128 Å². The molecule has 7 atom stereocenters. The molecule has 4 N–H and O–H groups in total. The number of aliphatic hydroxyl groups excluding tert-OH is 1. The number of rotatable bonds is 7. The van der Waals surface area contributed by atoms with Crippen LogP contribution in [-0.2, 0) is 14.4 Å². The van der Waals surface area contributed by atoms with Crippen molar-refractivity contribution in [3.63, 3.8) is 0 Å². The van der Waals surface area contributed by atoms with Crippen LogP contribution in [0, 0.1) is 34.0 Å². The zero-order valence-corrected chi connectivity index (χ0v) is 22.5. The summed E-state index contributed by atoms with van der Waals surface area (Å²) in [6.07, 6.45) is 8.96.